The van der Waals surface area contributed by atoms with E-state index >= 15 is 0 Å². The number of hydrogen-bond acceptors (Lipinski definition) is 4. The van der Waals surface area contributed by atoms with Crippen molar-refractivity contribution in [3.63, 3.8) is 0 Å². The van der Waals surface area contributed by atoms with Crippen molar-refractivity contribution in [2.75, 3.05) is 0 Å². The van der Waals surface area contributed by atoms with Crippen molar-refractivity contribution in [3.05, 3.63) is 35.5 Å². The first-order chi connectivity index (χ1) is 7.24. The molecule has 5 nitrogen and oxygen atoms in total. The monoisotopic (exact) mass is 199 g/mol. The van der Waals surface area contributed by atoms with Crippen LogP contribution in [-0.2, 0) is 0 Å². The van der Waals surface area contributed by atoms with Gasteiger partial charge in [-0.25, -0.2) is 4.98 Å². The third-order valence-corrected chi connectivity index (χ3v) is 2.30. The van der Waals surface area contributed by atoms with Crippen LogP contribution in [0.5, 0.6) is 0 Å². The van der Waals surface area contributed by atoms with Crippen LogP contribution in [0.1, 0.15) is 16.8 Å². The minimum absolute atomic E-state index is 0.526. The first-order valence-electron chi connectivity index (χ1n) is 4.46. The second-order valence-corrected chi connectivity index (χ2v) is 3.19. The van der Waals surface area contributed by atoms with Crippen LogP contribution in [0.3, 0.4) is 0 Å². The van der Waals surface area contributed by atoms with Crippen molar-refractivity contribution in [1.82, 2.24) is 19.7 Å². The van der Waals surface area contributed by atoms with Crippen molar-refractivity contribution in [3.8, 4) is 11.9 Å². The minimum Gasteiger partial charge on any atom is -0.288 e. The Morgan fingerprint density at radius 2 is 2.13 bits per heavy atom. The van der Waals surface area contributed by atoms with Gasteiger partial charge in [-0.05, 0) is 19.4 Å². The van der Waals surface area contributed by atoms with E-state index in [1.165, 1.54) is 0 Å². The Morgan fingerprint density at radius 1 is 1.33 bits per heavy atom. The van der Waals surface area contributed by atoms with Crippen molar-refractivity contribution >= 4 is 0 Å². The molecule has 2 rings (SSSR count). The quantitative estimate of drug-likeness (QED) is 0.691. The normalized spacial score (nSPS) is 9.93. The number of aryl methyl sites for hydroxylation is 1. The van der Waals surface area contributed by atoms with E-state index in [0.717, 1.165) is 11.3 Å². The highest BCUT2D eigenvalue weighted by molar-refractivity contribution is 5.48. The minimum atomic E-state index is 0.526. The number of imidazole rings is 1. The molecular formula is C10H9N5. The summed E-state index contributed by atoms with van der Waals surface area (Å²) >= 11 is 0. The van der Waals surface area contributed by atoms with Crippen molar-refractivity contribution < 1.29 is 0 Å². The Morgan fingerprint density at radius 3 is 2.73 bits per heavy atom. The summed E-state index contributed by atoms with van der Waals surface area (Å²) < 4.78 is 1.68. The predicted molar refractivity (Wildman–Crippen MR) is 53.3 cm³/mol. The van der Waals surface area contributed by atoms with Gasteiger partial charge in [-0.1, -0.05) is 0 Å². The molecule has 0 fully saturated rings. The maximum absolute atomic E-state index is 9.07. The fourth-order valence-corrected chi connectivity index (χ4v) is 1.29. The Labute approximate surface area is 87.0 Å². The van der Waals surface area contributed by atoms with E-state index in [0.29, 0.717) is 11.4 Å². The molecule has 15 heavy (non-hydrogen) atoms. The summed E-state index contributed by atoms with van der Waals surface area (Å²) in [5.41, 5.74) is 2.17. The zero-order chi connectivity index (χ0) is 10.8. The third kappa shape index (κ3) is 1.46. The molecule has 0 atom stereocenters. The molecule has 0 bridgehead atoms. The van der Waals surface area contributed by atoms with Crippen molar-refractivity contribution in [2.45, 2.75) is 13.8 Å². The molecule has 0 unspecified atom stereocenters. The smallest absolute Gasteiger partial charge is 0.178 e. The van der Waals surface area contributed by atoms with Gasteiger partial charge in [0, 0.05) is 12.4 Å². The SMILES string of the molecule is Cc1nnc(-n2ccnc2)c(C#N)c1C. The van der Waals surface area contributed by atoms with Crippen LogP contribution in [0.2, 0.25) is 0 Å². The second kappa shape index (κ2) is 3.50. The Kier molecular flexibility index (Phi) is 2.18. The molecule has 0 aliphatic rings. The fraction of sp³-hybridized carbons (Fsp3) is 0.200. The van der Waals surface area contributed by atoms with Crippen LogP contribution in [0.15, 0.2) is 18.7 Å². The average molecular weight is 199 g/mol. The molecular weight excluding hydrogens is 190 g/mol. The molecule has 0 aliphatic heterocycles. The van der Waals surface area contributed by atoms with E-state index in [1.807, 2.05) is 13.8 Å². The lowest BCUT2D eigenvalue weighted by Crippen LogP contribution is -2.05. The summed E-state index contributed by atoms with van der Waals surface area (Å²) in [6, 6.07) is 2.14. The molecule has 0 spiro atoms. The van der Waals surface area contributed by atoms with Crippen LogP contribution in [-0.4, -0.2) is 19.7 Å². The molecule has 2 heterocycles. The molecule has 0 amide bonds. The predicted octanol–water partition coefficient (Wildman–Crippen LogP) is 1.15. The zero-order valence-electron chi connectivity index (χ0n) is 8.47. The zero-order valence-corrected chi connectivity index (χ0v) is 8.47. The molecule has 0 aliphatic carbocycles. The summed E-state index contributed by atoms with van der Waals surface area (Å²) in [7, 11) is 0. The standard InChI is InChI=1S/C10H9N5/c1-7-8(2)13-14-10(9(7)5-11)15-4-3-12-6-15/h3-4,6H,1-2H3. The number of aromatic nitrogens is 4. The first kappa shape index (κ1) is 9.34. The molecule has 2 aromatic rings. The van der Waals surface area contributed by atoms with E-state index in [-0.39, 0.29) is 0 Å². The van der Waals surface area contributed by atoms with Gasteiger partial charge in [0.2, 0.25) is 0 Å². The molecule has 0 radical (unpaired) electrons. The maximum Gasteiger partial charge on any atom is 0.178 e. The van der Waals surface area contributed by atoms with Crippen LogP contribution < -0.4 is 0 Å². The molecule has 0 aromatic carbocycles. The maximum atomic E-state index is 9.07. The molecule has 2 aromatic heterocycles. The highest BCUT2D eigenvalue weighted by atomic mass is 15.2. The third-order valence-electron chi connectivity index (χ3n) is 2.30. The van der Waals surface area contributed by atoms with E-state index in [4.69, 9.17) is 5.26 Å². The topological polar surface area (TPSA) is 67.4 Å². The van der Waals surface area contributed by atoms with Crippen LogP contribution >= 0.6 is 0 Å². The number of nitrogens with zero attached hydrogens (tertiary/aromatic N) is 5. The lowest BCUT2D eigenvalue weighted by Gasteiger charge is -2.06. The molecule has 0 saturated heterocycles. The van der Waals surface area contributed by atoms with Gasteiger partial charge in [0.25, 0.3) is 0 Å². The largest absolute Gasteiger partial charge is 0.288 e. The Bertz CT molecular complexity index is 521. The Balaban J connectivity index is 2.69. The van der Waals surface area contributed by atoms with E-state index in [1.54, 1.807) is 23.3 Å². The van der Waals surface area contributed by atoms with Gasteiger partial charge in [-0.3, -0.25) is 4.57 Å². The molecule has 74 valence electrons. The highest BCUT2D eigenvalue weighted by Gasteiger charge is 2.11. The molecule has 0 N–H and O–H groups in total. The second-order valence-electron chi connectivity index (χ2n) is 3.19. The van der Waals surface area contributed by atoms with Gasteiger partial charge >= 0.3 is 0 Å². The summed E-state index contributed by atoms with van der Waals surface area (Å²) in [6.45, 7) is 3.70. The van der Waals surface area contributed by atoms with E-state index in [9.17, 15) is 0 Å². The molecule has 0 saturated carbocycles. The van der Waals surface area contributed by atoms with Crippen molar-refractivity contribution in [2.24, 2.45) is 0 Å². The van der Waals surface area contributed by atoms with Gasteiger partial charge in [0.15, 0.2) is 5.82 Å². The first-order valence-corrected chi connectivity index (χ1v) is 4.46. The summed E-state index contributed by atoms with van der Waals surface area (Å²) in [4.78, 5) is 3.91. The number of hydrogen-bond donors (Lipinski definition) is 0. The van der Waals surface area contributed by atoms with Crippen molar-refractivity contribution in [1.29, 1.82) is 5.26 Å². The van der Waals surface area contributed by atoms with Crippen LogP contribution in [0.4, 0.5) is 0 Å². The van der Waals surface area contributed by atoms with Crippen LogP contribution in [0.25, 0.3) is 5.82 Å². The van der Waals surface area contributed by atoms with Gasteiger partial charge in [0.05, 0.1) is 5.69 Å². The lowest BCUT2D eigenvalue weighted by molar-refractivity contribution is 0.873. The fourth-order valence-electron chi connectivity index (χ4n) is 1.29. The average Bonchev–Trinajstić information content (AvgIpc) is 2.75. The number of nitriles is 1. The Hall–Kier alpha value is -2.22. The van der Waals surface area contributed by atoms with Gasteiger partial charge < -0.3 is 0 Å². The van der Waals surface area contributed by atoms with Gasteiger partial charge in [-0.15, -0.1) is 5.10 Å². The summed E-state index contributed by atoms with van der Waals surface area (Å²) in [5, 5.41) is 17.1. The van der Waals surface area contributed by atoms with E-state index < -0.39 is 0 Å². The van der Waals surface area contributed by atoms with E-state index in [2.05, 4.69) is 21.3 Å². The van der Waals surface area contributed by atoms with Gasteiger partial charge in [0.1, 0.15) is 18.0 Å². The summed E-state index contributed by atoms with van der Waals surface area (Å²) in [6.07, 6.45) is 4.97. The molecule has 5 heteroatoms. The highest BCUT2D eigenvalue weighted by Crippen LogP contribution is 2.15. The van der Waals surface area contributed by atoms with Gasteiger partial charge in [-0.2, -0.15) is 10.4 Å². The number of rotatable bonds is 1. The van der Waals surface area contributed by atoms with Crippen LogP contribution in [0, 0.1) is 25.2 Å². The summed E-state index contributed by atoms with van der Waals surface area (Å²) in [5.74, 6) is 0.526. The lowest BCUT2D eigenvalue weighted by atomic mass is 10.1.